The Bertz CT molecular complexity index is 720. The van der Waals surface area contributed by atoms with Crippen LogP contribution in [0.2, 0.25) is 0 Å². The molecule has 0 fully saturated rings. The molecule has 25 heavy (non-hydrogen) atoms. The maximum Gasteiger partial charge on any atom is 0.283 e. The second kappa shape index (κ2) is 10.3. The fourth-order valence-corrected chi connectivity index (χ4v) is 4.41. The summed E-state index contributed by atoms with van der Waals surface area (Å²) in [5.74, 6) is 2.72. The second-order valence-electron chi connectivity index (χ2n) is 5.45. The lowest BCUT2D eigenvalue weighted by atomic mass is 10.0. The number of hydrogen-bond acceptors (Lipinski definition) is 5. The van der Waals surface area contributed by atoms with Gasteiger partial charge in [-0.3, -0.25) is 14.9 Å². The monoisotopic (exact) mass is 375 g/mol. The molecule has 0 amide bonds. The van der Waals surface area contributed by atoms with Crippen molar-refractivity contribution >= 4 is 35.0 Å². The zero-order valence-corrected chi connectivity index (χ0v) is 15.8. The molecule has 0 unspecified atom stereocenters. The van der Waals surface area contributed by atoms with Crippen molar-refractivity contribution < 1.29 is 9.72 Å². The quantitative estimate of drug-likeness (QED) is 0.182. The van der Waals surface area contributed by atoms with Crippen molar-refractivity contribution in [2.45, 2.75) is 24.7 Å². The zero-order valence-electron chi connectivity index (χ0n) is 14.1. The van der Waals surface area contributed by atoms with Gasteiger partial charge in [-0.2, -0.15) is 11.8 Å². The summed E-state index contributed by atoms with van der Waals surface area (Å²) in [6.07, 6.45) is 2.38. The summed E-state index contributed by atoms with van der Waals surface area (Å²) in [6, 6.07) is 13.6. The molecule has 0 N–H and O–H groups in total. The number of carbonyl (C=O) groups excluding carboxylic acids is 1. The molecule has 0 spiro atoms. The van der Waals surface area contributed by atoms with E-state index >= 15 is 0 Å². The third-order valence-corrected chi connectivity index (χ3v) is 5.97. The number of nitrogens with zero attached hydrogens (tertiary/aromatic N) is 1. The van der Waals surface area contributed by atoms with Crippen LogP contribution in [-0.2, 0) is 0 Å². The Morgan fingerprint density at radius 1 is 1.04 bits per heavy atom. The standard InChI is InChI=1S/C19H21NO3S2/c1-2-3-11-24-12-13-25-18-10-9-16(14-17(18)20(22)23)19(21)15-7-5-4-6-8-15/h4-10,14H,2-3,11-13H2,1H3. The van der Waals surface area contributed by atoms with E-state index in [0.717, 1.165) is 17.3 Å². The number of hydrogen-bond donors (Lipinski definition) is 0. The van der Waals surface area contributed by atoms with Gasteiger partial charge in [0.25, 0.3) is 5.69 Å². The normalized spacial score (nSPS) is 10.6. The van der Waals surface area contributed by atoms with E-state index in [9.17, 15) is 14.9 Å². The van der Waals surface area contributed by atoms with Crippen molar-refractivity contribution in [3.63, 3.8) is 0 Å². The largest absolute Gasteiger partial charge is 0.289 e. The van der Waals surface area contributed by atoms with Crippen LogP contribution in [0.1, 0.15) is 35.7 Å². The smallest absolute Gasteiger partial charge is 0.283 e. The highest BCUT2D eigenvalue weighted by Crippen LogP contribution is 2.31. The van der Waals surface area contributed by atoms with E-state index in [-0.39, 0.29) is 11.5 Å². The highest BCUT2D eigenvalue weighted by molar-refractivity contribution is 8.03. The fourth-order valence-electron chi connectivity index (χ4n) is 2.24. The lowest BCUT2D eigenvalue weighted by Crippen LogP contribution is -2.03. The van der Waals surface area contributed by atoms with E-state index in [4.69, 9.17) is 0 Å². The van der Waals surface area contributed by atoms with Gasteiger partial charge >= 0.3 is 0 Å². The average Bonchev–Trinajstić information content (AvgIpc) is 2.64. The van der Waals surface area contributed by atoms with Crippen LogP contribution < -0.4 is 0 Å². The second-order valence-corrected chi connectivity index (χ2v) is 7.81. The Hall–Kier alpha value is -1.79. The molecule has 2 rings (SSSR count). The molecule has 0 radical (unpaired) electrons. The van der Waals surface area contributed by atoms with E-state index in [1.165, 1.54) is 30.7 Å². The predicted octanol–water partition coefficient (Wildman–Crippen LogP) is 5.45. The molecule has 4 nitrogen and oxygen atoms in total. The molecular formula is C19H21NO3S2. The molecule has 0 saturated carbocycles. The molecule has 0 aliphatic carbocycles. The van der Waals surface area contributed by atoms with E-state index in [1.54, 1.807) is 36.4 Å². The van der Waals surface area contributed by atoms with Crippen molar-refractivity contribution in [3.8, 4) is 0 Å². The molecule has 0 bridgehead atoms. The van der Waals surface area contributed by atoms with E-state index in [2.05, 4.69) is 6.92 Å². The molecular weight excluding hydrogens is 354 g/mol. The summed E-state index contributed by atoms with van der Waals surface area (Å²) < 4.78 is 0. The maximum absolute atomic E-state index is 12.5. The van der Waals surface area contributed by atoms with Crippen LogP contribution in [0.25, 0.3) is 0 Å². The highest BCUT2D eigenvalue weighted by Gasteiger charge is 2.18. The lowest BCUT2D eigenvalue weighted by Gasteiger charge is -2.06. The maximum atomic E-state index is 12.5. The van der Waals surface area contributed by atoms with Crippen molar-refractivity contribution in [2.24, 2.45) is 0 Å². The molecule has 6 heteroatoms. The van der Waals surface area contributed by atoms with Crippen LogP contribution in [0.5, 0.6) is 0 Å². The number of unbranched alkanes of at least 4 members (excludes halogenated alkanes) is 1. The highest BCUT2D eigenvalue weighted by atomic mass is 32.2. The summed E-state index contributed by atoms with van der Waals surface area (Å²) in [7, 11) is 0. The lowest BCUT2D eigenvalue weighted by molar-refractivity contribution is -0.387. The minimum atomic E-state index is -0.408. The summed E-state index contributed by atoms with van der Waals surface area (Å²) in [4.78, 5) is 24.1. The van der Waals surface area contributed by atoms with Crippen molar-refractivity contribution in [2.75, 3.05) is 17.3 Å². The van der Waals surface area contributed by atoms with Crippen LogP contribution in [0.4, 0.5) is 5.69 Å². The van der Waals surface area contributed by atoms with Crippen LogP contribution in [0.3, 0.4) is 0 Å². The Balaban J connectivity index is 2.07. The SMILES string of the molecule is CCCCSCCSc1ccc(C(=O)c2ccccc2)cc1[N+](=O)[O-]. The molecule has 2 aromatic carbocycles. The van der Waals surface area contributed by atoms with Gasteiger partial charge in [-0.25, -0.2) is 0 Å². The van der Waals surface area contributed by atoms with Crippen LogP contribution in [-0.4, -0.2) is 28.0 Å². The summed E-state index contributed by atoms with van der Waals surface area (Å²) in [5, 5.41) is 11.4. The van der Waals surface area contributed by atoms with Gasteiger partial charge < -0.3 is 0 Å². The Labute approximate surface area is 156 Å². The molecule has 0 heterocycles. The van der Waals surface area contributed by atoms with Crippen LogP contribution in [0.15, 0.2) is 53.4 Å². The average molecular weight is 376 g/mol. The number of nitro benzene ring substituents is 1. The first-order chi connectivity index (χ1) is 12.1. The third kappa shape index (κ3) is 5.90. The van der Waals surface area contributed by atoms with E-state index in [0.29, 0.717) is 16.0 Å². The van der Waals surface area contributed by atoms with Gasteiger partial charge in [0.15, 0.2) is 5.78 Å². The van der Waals surface area contributed by atoms with Crippen LogP contribution >= 0.6 is 23.5 Å². The molecule has 0 aliphatic heterocycles. The first-order valence-corrected chi connectivity index (χ1v) is 10.4. The summed E-state index contributed by atoms with van der Waals surface area (Å²) in [6.45, 7) is 2.16. The minimum Gasteiger partial charge on any atom is -0.289 e. The predicted molar refractivity (Wildman–Crippen MR) is 106 cm³/mol. The number of rotatable bonds is 10. The summed E-state index contributed by atoms with van der Waals surface area (Å²) >= 11 is 3.35. The molecule has 132 valence electrons. The Morgan fingerprint density at radius 3 is 2.48 bits per heavy atom. The zero-order chi connectivity index (χ0) is 18.1. The van der Waals surface area contributed by atoms with Gasteiger partial charge in [-0.1, -0.05) is 43.7 Å². The Kier molecular flexibility index (Phi) is 8.01. The molecule has 0 atom stereocenters. The summed E-state index contributed by atoms with van der Waals surface area (Å²) in [5.41, 5.74) is 0.884. The van der Waals surface area contributed by atoms with E-state index in [1.807, 2.05) is 17.8 Å². The Morgan fingerprint density at radius 2 is 1.80 bits per heavy atom. The first-order valence-electron chi connectivity index (χ1n) is 8.22. The van der Waals surface area contributed by atoms with Gasteiger partial charge in [0.1, 0.15) is 0 Å². The van der Waals surface area contributed by atoms with Gasteiger partial charge in [-0.05, 0) is 24.3 Å². The van der Waals surface area contributed by atoms with Gasteiger partial charge in [0.2, 0.25) is 0 Å². The topological polar surface area (TPSA) is 60.2 Å². The van der Waals surface area contributed by atoms with Gasteiger partial charge in [-0.15, -0.1) is 11.8 Å². The molecule has 0 saturated heterocycles. The molecule has 0 aromatic heterocycles. The number of nitro groups is 1. The van der Waals surface area contributed by atoms with Gasteiger partial charge in [0.05, 0.1) is 9.82 Å². The number of carbonyl (C=O) groups is 1. The van der Waals surface area contributed by atoms with Crippen molar-refractivity contribution in [1.29, 1.82) is 0 Å². The number of thioether (sulfide) groups is 2. The molecule has 0 aliphatic rings. The fraction of sp³-hybridized carbons (Fsp3) is 0.316. The van der Waals surface area contributed by atoms with Crippen molar-refractivity contribution in [1.82, 2.24) is 0 Å². The molecule has 2 aromatic rings. The van der Waals surface area contributed by atoms with Gasteiger partial charge in [0, 0.05) is 28.7 Å². The number of benzene rings is 2. The third-order valence-electron chi connectivity index (χ3n) is 3.58. The minimum absolute atomic E-state index is 0.00494. The van der Waals surface area contributed by atoms with Crippen molar-refractivity contribution in [3.05, 3.63) is 69.8 Å². The number of ketones is 1. The van der Waals surface area contributed by atoms with Crippen LogP contribution in [0, 0.1) is 10.1 Å². The first kappa shape index (κ1) is 19.5. The van der Waals surface area contributed by atoms with E-state index < -0.39 is 4.92 Å².